The minimum Gasteiger partial charge on any atom is -0.480 e. The lowest BCUT2D eigenvalue weighted by Gasteiger charge is -2.23. The first kappa shape index (κ1) is 18.9. The number of likely N-dealkylation sites (tertiary alicyclic amines) is 2. The van der Waals surface area contributed by atoms with E-state index in [0.717, 1.165) is 39.1 Å². The SMILES string of the molecule is COc1ncccc1C(=O)N1CC2CN(CC[C@H](N)c3ccccc3)CC2C1. The predicted molar refractivity (Wildman–Crippen MR) is 108 cm³/mol. The average molecular weight is 380 g/mol. The first-order valence-corrected chi connectivity index (χ1v) is 9.97. The van der Waals surface area contributed by atoms with Gasteiger partial charge in [-0.15, -0.1) is 0 Å². The second kappa shape index (κ2) is 8.29. The summed E-state index contributed by atoms with van der Waals surface area (Å²) in [5.74, 6) is 1.51. The summed E-state index contributed by atoms with van der Waals surface area (Å²) < 4.78 is 5.25. The smallest absolute Gasteiger partial charge is 0.259 e. The van der Waals surface area contributed by atoms with Gasteiger partial charge >= 0.3 is 0 Å². The van der Waals surface area contributed by atoms with E-state index in [1.807, 2.05) is 23.1 Å². The highest BCUT2D eigenvalue weighted by Gasteiger charge is 2.42. The molecule has 2 N–H and O–H groups in total. The number of hydrogen-bond donors (Lipinski definition) is 1. The molecule has 1 aromatic heterocycles. The Morgan fingerprint density at radius 3 is 2.54 bits per heavy atom. The second-order valence-corrected chi connectivity index (χ2v) is 7.86. The molecule has 0 saturated carbocycles. The summed E-state index contributed by atoms with van der Waals surface area (Å²) in [6.07, 6.45) is 2.60. The molecule has 3 heterocycles. The predicted octanol–water partition coefficient (Wildman–Crippen LogP) is 2.18. The summed E-state index contributed by atoms with van der Waals surface area (Å²) >= 11 is 0. The maximum atomic E-state index is 12.9. The Morgan fingerprint density at radius 1 is 1.14 bits per heavy atom. The number of ether oxygens (including phenoxy) is 1. The summed E-state index contributed by atoms with van der Waals surface area (Å²) in [5, 5.41) is 0. The lowest BCUT2D eigenvalue weighted by Crippen LogP contribution is -2.34. The highest BCUT2D eigenvalue weighted by atomic mass is 16.5. The van der Waals surface area contributed by atoms with E-state index in [1.54, 1.807) is 25.4 Å². The first-order chi connectivity index (χ1) is 13.7. The Morgan fingerprint density at radius 2 is 1.86 bits per heavy atom. The van der Waals surface area contributed by atoms with E-state index in [4.69, 9.17) is 10.5 Å². The van der Waals surface area contributed by atoms with Crippen molar-refractivity contribution in [2.45, 2.75) is 12.5 Å². The van der Waals surface area contributed by atoms with Crippen molar-refractivity contribution in [2.75, 3.05) is 39.8 Å². The van der Waals surface area contributed by atoms with Crippen LogP contribution in [-0.4, -0.2) is 60.5 Å². The fourth-order valence-corrected chi connectivity index (χ4v) is 4.51. The number of fused-ring (bicyclic) bond motifs is 1. The van der Waals surface area contributed by atoms with Gasteiger partial charge in [-0.05, 0) is 42.5 Å². The molecule has 2 aromatic rings. The van der Waals surface area contributed by atoms with E-state index in [0.29, 0.717) is 23.3 Å². The van der Waals surface area contributed by atoms with Crippen molar-refractivity contribution >= 4 is 5.91 Å². The van der Waals surface area contributed by atoms with Crippen LogP contribution in [-0.2, 0) is 0 Å². The number of nitrogens with zero attached hydrogens (tertiary/aromatic N) is 3. The highest BCUT2D eigenvalue weighted by Crippen LogP contribution is 2.33. The van der Waals surface area contributed by atoms with Gasteiger partial charge in [0.15, 0.2) is 0 Å². The number of aromatic nitrogens is 1. The molecule has 6 heteroatoms. The van der Waals surface area contributed by atoms with E-state index in [-0.39, 0.29) is 11.9 Å². The molecular weight excluding hydrogens is 352 g/mol. The van der Waals surface area contributed by atoms with E-state index < -0.39 is 0 Å². The number of nitrogens with two attached hydrogens (primary N) is 1. The van der Waals surface area contributed by atoms with Gasteiger partial charge in [0, 0.05) is 38.4 Å². The van der Waals surface area contributed by atoms with Crippen molar-refractivity contribution in [3.05, 3.63) is 59.8 Å². The molecule has 0 spiro atoms. The molecule has 6 nitrogen and oxygen atoms in total. The summed E-state index contributed by atoms with van der Waals surface area (Å²) in [6.45, 7) is 4.71. The zero-order valence-electron chi connectivity index (χ0n) is 16.3. The normalized spacial score (nSPS) is 22.9. The topological polar surface area (TPSA) is 71.7 Å². The summed E-state index contributed by atoms with van der Waals surface area (Å²) in [6, 6.07) is 13.9. The molecule has 0 bridgehead atoms. The van der Waals surface area contributed by atoms with Gasteiger partial charge in [-0.2, -0.15) is 0 Å². The molecule has 2 aliphatic rings. The number of carbonyl (C=O) groups is 1. The first-order valence-electron chi connectivity index (χ1n) is 9.97. The van der Waals surface area contributed by atoms with Crippen LogP contribution in [0, 0.1) is 11.8 Å². The molecular formula is C22H28N4O2. The third kappa shape index (κ3) is 3.88. The summed E-state index contributed by atoms with van der Waals surface area (Å²) in [4.78, 5) is 21.5. The van der Waals surface area contributed by atoms with Gasteiger partial charge in [0.2, 0.25) is 5.88 Å². The minimum absolute atomic E-state index is 0.0250. The van der Waals surface area contributed by atoms with Crippen molar-refractivity contribution in [1.29, 1.82) is 0 Å². The monoisotopic (exact) mass is 380 g/mol. The molecule has 148 valence electrons. The number of methoxy groups -OCH3 is 1. The Bertz CT molecular complexity index is 799. The highest BCUT2D eigenvalue weighted by molar-refractivity contribution is 5.96. The fraction of sp³-hybridized carbons (Fsp3) is 0.455. The molecule has 3 atom stereocenters. The van der Waals surface area contributed by atoms with E-state index >= 15 is 0 Å². The van der Waals surface area contributed by atoms with Gasteiger partial charge < -0.3 is 20.3 Å². The van der Waals surface area contributed by atoms with Gasteiger partial charge in [0.25, 0.3) is 5.91 Å². The molecule has 0 radical (unpaired) electrons. The molecule has 4 rings (SSSR count). The zero-order valence-corrected chi connectivity index (χ0v) is 16.3. The van der Waals surface area contributed by atoms with Crippen molar-refractivity contribution in [3.63, 3.8) is 0 Å². The number of carbonyl (C=O) groups excluding carboxylic acids is 1. The number of amides is 1. The van der Waals surface area contributed by atoms with Crippen LogP contribution in [0.4, 0.5) is 0 Å². The van der Waals surface area contributed by atoms with E-state index in [1.165, 1.54) is 5.56 Å². The molecule has 2 aliphatic heterocycles. The third-order valence-electron chi connectivity index (χ3n) is 6.03. The molecule has 2 saturated heterocycles. The average Bonchev–Trinajstić information content (AvgIpc) is 3.31. The van der Waals surface area contributed by atoms with Gasteiger partial charge in [-0.1, -0.05) is 30.3 Å². The number of hydrogen-bond acceptors (Lipinski definition) is 5. The summed E-state index contributed by atoms with van der Waals surface area (Å²) in [7, 11) is 1.55. The molecule has 2 unspecified atom stereocenters. The Labute approximate surface area is 166 Å². The van der Waals surface area contributed by atoms with E-state index in [2.05, 4.69) is 22.0 Å². The molecule has 28 heavy (non-hydrogen) atoms. The number of benzene rings is 1. The lowest BCUT2D eigenvalue weighted by molar-refractivity contribution is 0.0769. The van der Waals surface area contributed by atoms with Gasteiger partial charge in [0.1, 0.15) is 5.56 Å². The van der Waals surface area contributed by atoms with Crippen LogP contribution >= 0.6 is 0 Å². The van der Waals surface area contributed by atoms with Crippen LogP contribution in [0.1, 0.15) is 28.4 Å². The number of pyridine rings is 1. The van der Waals surface area contributed by atoms with Crippen LogP contribution in [0.25, 0.3) is 0 Å². The van der Waals surface area contributed by atoms with Crippen molar-refractivity contribution in [3.8, 4) is 5.88 Å². The van der Waals surface area contributed by atoms with Crippen molar-refractivity contribution < 1.29 is 9.53 Å². The Kier molecular flexibility index (Phi) is 5.59. The quantitative estimate of drug-likeness (QED) is 0.832. The van der Waals surface area contributed by atoms with Crippen LogP contribution in [0.3, 0.4) is 0 Å². The maximum absolute atomic E-state index is 12.9. The molecule has 1 aromatic carbocycles. The zero-order chi connectivity index (χ0) is 19.5. The molecule has 2 fully saturated rings. The Hall–Kier alpha value is -2.44. The van der Waals surface area contributed by atoms with Crippen molar-refractivity contribution in [1.82, 2.24) is 14.8 Å². The van der Waals surface area contributed by atoms with E-state index in [9.17, 15) is 4.79 Å². The largest absolute Gasteiger partial charge is 0.480 e. The lowest BCUT2D eigenvalue weighted by atomic mass is 10.0. The fourth-order valence-electron chi connectivity index (χ4n) is 4.51. The van der Waals surface area contributed by atoms with Crippen LogP contribution < -0.4 is 10.5 Å². The number of rotatable bonds is 6. The second-order valence-electron chi connectivity index (χ2n) is 7.86. The molecule has 1 amide bonds. The minimum atomic E-state index is 0.0250. The maximum Gasteiger partial charge on any atom is 0.259 e. The van der Waals surface area contributed by atoms with Crippen LogP contribution in [0.5, 0.6) is 5.88 Å². The molecule has 0 aliphatic carbocycles. The summed E-state index contributed by atoms with van der Waals surface area (Å²) in [5.41, 5.74) is 8.09. The standard InChI is InChI=1S/C22H28N4O2/c1-28-21-19(8-5-10-24-21)22(27)26-14-17-12-25(13-18(17)15-26)11-9-20(23)16-6-3-2-4-7-16/h2-8,10,17-18,20H,9,11-15,23H2,1H3/t17?,18?,20-/m0/s1. The third-order valence-corrected chi connectivity index (χ3v) is 6.03. The van der Waals surface area contributed by atoms with Gasteiger partial charge in [-0.25, -0.2) is 4.98 Å². The van der Waals surface area contributed by atoms with Gasteiger partial charge in [-0.3, -0.25) is 4.79 Å². The van der Waals surface area contributed by atoms with Gasteiger partial charge in [0.05, 0.1) is 7.11 Å². The van der Waals surface area contributed by atoms with Crippen LogP contribution in [0.15, 0.2) is 48.7 Å². The Balaban J connectivity index is 1.29. The van der Waals surface area contributed by atoms with Crippen LogP contribution in [0.2, 0.25) is 0 Å². The van der Waals surface area contributed by atoms with Crippen molar-refractivity contribution in [2.24, 2.45) is 17.6 Å².